The summed E-state index contributed by atoms with van der Waals surface area (Å²) >= 11 is 0. The van der Waals surface area contributed by atoms with Gasteiger partial charge in [0, 0.05) is 0 Å². The van der Waals surface area contributed by atoms with Gasteiger partial charge in [-0.25, -0.2) is 14.8 Å². The van der Waals surface area contributed by atoms with E-state index in [0.717, 1.165) is 0 Å². The molecule has 0 unspecified atom stereocenters. The third-order valence-corrected chi connectivity index (χ3v) is 1.50. The fraction of sp³-hybridized carbons (Fsp3) is 0.375. The predicted octanol–water partition coefficient (Wildman–Crippen LogP) is 1.37. The molecule has 1 aromatic heterocycles. The summed E-state index contributed by atoms with van der Waals surface area (Å²) in [7, 11) is 0. The van der Waals surface area contributed by atoms with Crippen LogP contribution in [0.3, 0.4) is 0 Å². The molecule has 0 saturated heterocycles. The lowest BCUT2D eigenvalue weighted by atomic mass is 10.3. The second kappa shape index (κ2) is 3.24. The summed E-state index contributed by atoms with van der Waals surface area (Å²) in [4.78, 5) is 21.7. The monoisotopic (exact) mass is 163 g/mol. The van der Waals surface area contributed by atoms with Crippen molar-refractivity contribution in [1.29, 1.82) is 0 Å². The summed E-state index contributed by atoms with van der Waals surface area (Å²) < 4.78 is 0. The first-order valence-electron chi connectivity index (χ1n) is 3.55. The zero-order valence-electron chi connectivity index (χ0n) is 7.25. The second-order valence-electron chi connectivity index (χ2n) is 2.49. The Hall–Kier alpha value is -1.54. The minimum absolute atomic E-state index is 0.524. The zero-order valence-corrected chi connectivity index (χ0v) is 7.25. The van der Waals surface area contributed by atoms with Gasteiger partial charge in [0.2, 0.25) is 6.08 Å². The lowest BCUT2D eigenvalue weighted by Gasteiger charge is -2.01. The van der Waals surface area contributed by atoms with Crippen LogP contribution in [0.4, 0.5) is 5.69 Å². The Morgan fingerprint density at radius 1 is 1.17 bits per heavy atom. The Morgan fingerprint density at radius 2 is 1.67 bits per heavy atom. The fourth-order valence-corrected chi connectivity index (χ4v) is 1.09. The SMILES string of the molecule is Cc1nc(C)c(N=C=O)c(C)n1. The van der Waals surface area contributed by atoms with Gasteiger partial charge in [-0.2, -0.15) is 4.99 Å². The number of carbonyl (C=O) groups excluding carboxylic acids is 1. The van der Waals surface area contributed by atoms with Crippen molar-refractivity contribution in [2.24, 2.45) is 4.99 Å². The summed E-state index contributed by atoms with van der Waals surface area (Å²) in [5.74, 6) is 0.690. The topological polar surface area (TPSA) is 55.2 Å². The van der Waals surface area contributed by atoms with E-state index in [1.54, 1.807) is 20.8 Å². The van der Waals surface area contributed by atoms with Crippen LogP contribution in [-0.2, 0) is 4.79 Å². The summed E-state index contributed by atoms with van der Waals surface area (Å²) in [6.07, 6.45) is 1.48. The molecular formula is C8H9N3O. The van der Waals surface area contributed by atoms with Crippen LogP contribution in [0.1, 0.15) is 17.2 Å². The quantitative estimate of drug-likeness (QED) is 0.464. The third kappa shape index (κ3) is 1.54. The van der Waals surface area contributed by atoms with Gasteiger partial charge in [-0.15, -0.1) is 0 Å². The number of aliphatic imine (C=N–C) groups is 1. The Labute approximate surface area is 70.4 Å². The normalized spacial score (nSPS) is 9.25. The van der Waals surface area contributed by atoms with Crippen molar-refractivity contribution in [3.8, 4) is 0 Å². The van der Waals surface area contributed by atoms with Gasteiger partial charge in [0.05, 0.1) is 11.4 Å². The summed E-state index contributed by atoms with van der Waals surface area (Å²) in [5.41, 5.74) is 1.95. The van der Waals surface area contributed by atoms with Crippen LogP contribution in [-0.4, -0.2) is 16.0 Å². The Balaban J connectivity index is 3.37. The minimum atomic E-state index is 0.524. The van der Waals surface area contributed by atoms with E-state index in [2.05, 4.69) is 15.0 Å². The summed E-state index contributed by atoms with van der Waals surface area (Å²) in [6.45, 7) is 5.38. The second-order valence-corrected chi connectivity index (χ2v) is 2.49. The highest BCUT2D eigenvalue weighted by Crippen LogP contribution is 2.18. The van der Waals surface area contributed by atoms with Gasteiger partial charge < -0.3 is 0 Å². The van der Waals surface area contributed by atoms with Crippen LogP contribution in [0.2, 0.25) is 0 Å². The van der Waals surface area contributed by atoms with E-state index in [4.69, 9.17) is 0 Å². The lowest BCUT2D eigenvalue weighted by molar-refractivity contribution is 0.565. The van der Waals surface area contributed by atoms with Crippen molar-refractivity contribution in [2.75, 3.05) is 0 Å². The van der Waals surface area contributed by atoms with Crippen molar-refractivity contribution < 1.29 is 4.79 Å². The first-order valence-corrected chi connectivity index (χ1v) is 3.55. The molecule has 4 nitrogen and oxygen atoms in total. The molecule has 0 aromatic carbocycles. The van der Waals surface area contributed by atoms with E-state index in [0.29, 0.717) is 22.9 Å². The van der Waals surface area contributed by atoms with Crippen molar-refractivity contribution in [3.63, 3.8) is 0 Å². The van der Waals surface area contributed by atoms with Gasteiger partial charge >= 0.3 is 0 Å². The van der Waals surface area contributed by atoms with Crippen molar-refractivity contribution in [2.45, 2.75) is 20.8 Å². The molecule has 1 rings (SSSR count). The van der Waals surface area contributed by atoms with Crippen LogP contribution in [0.25, 0.3) is 0 Å². The van der Waals surface area contributed by atoms with E-state index in [9.17, 15) is 4.79 Å². The van der Waals surface area contributed by atoms with Gasteiger partial charge in [-0.1, -0.05) is 0 Å². The molecule has 0 spiro atoms. The molecule has 0 aliphatic heterocycles. The average Bonchev–Trinajstić information content (AvgIpc) is 1.96. The Morgan fingerprint density at radius 3 is 2.08 bits per heavy atom. The highest BCUT2D eigenvalue weighted by atomic mass is 16.1. The zero-order chi connectivity index (χ0) is 9.14. The molecule has 0 atom stereocenters. The molecule has 4 heteroatoms. The van der Waals surface area contributed by atoms with Gasteiger partial charge in [-0.05, 0) is 20.8 Å². The first-order chi connectivity index (χ1) is 5.65. The molecule has 0 aliphatic rings. The molecule has 0 bridgehead atoms. The molecule has 62 valence electrons. The maximum Gasteiger partial charge on any atom is 0.240 e. The number of hydrogen-bond acceptors (Lipinski definition) is 4. The molecular weight excluding hydrogens is 154 g/mol. The summed E-state index contributed by atoms with van der Waals surface area (Å²) in [6, 6.07) is 0. The third-order valence-electron chi connectivity index (χ3n) is 1.50. The number of isocyanates is 1. The van der Waals surface area contributed by atoms with Crippen LogP contribution in [0.15, 0.2) is 4.99 Å². The smallest absolute Gasteiger partial charge is 0.236 e. The van der Waals surface area contributed by atoms with Gasteiger partial charge in [0.15, 0.2) is 0 Å². The number of rotatable bonds is 1. The molecule has 0 radical (unpaired) electrons. The van der Waals surface area contributed by atoms with Crippen LogP contribution < -0.4 is 0 Å². The van der Waals surface area contributed by atoms with E-state index in [-0.39, 0.29) is 0 Å². The van der Waals surface area contributed by atoms with Gasteiger partial charge in [0.25, 0.3) is 0 Å². The van der Waals surface area contributed by atoms with Crippen LogP contribution >= 0.6 is 0 Å². The number of aryl methyl sites for hydroxylation is 3. The van der Waals surface area contributed by atoms with Crippen LogP contribution in [0.5, 0.6) is 0 Å². The van der Waals surface area contributed by atoms with E-state index >= 15 is 0 Å². The van der Waals surface area contributed by atoms with Crippen molar-refractivity contribution >= 4 is 11.8 Å². The number of nitrogens with zero attached hydrogens (tertiary/aromatic N) is 3. The Kier molecular flexibility index (Phi) is 2.31. The first kappa shape index (κ1) is 8.56. The lowest BCUT2D eigenvalue weighted by Crippen LogP contribution is -1.94. The highest BCUT2D eigenvalue weighted by Gasteiger charge is 2.04. The van der Waals surface area contributed by atoms with Gasteiger partial charge in [0.1, 0.15) is 11.5 Å². The molecule has 12 heavy (non-hydrogen) atoms. The highest BCUT2D eigenvalue weighted by molar-refractivity contribution is 5.53. The van der Waals surface area contributed by atoms with Crippen LogP contribution in [0, 0.1) is 20.8 Å². The molecule has 1 heterocycles. The maximum atomic E-state index is 10.0. The largest absolute Gasteiger partial charge is 0.240 e. The average molecular weight is 163 g/mol. The predicted molar refractivity (Wildman–Crippen MR) is 44.0 cm³/mol. The van der Waals surface area contributed by atoms with E-state index < -0.39 is 0 Å². The number of aromatic nitrogens is 2. The maximum absolute atomic E-state index is 10.0. The molecule has 0 amide bonds. The standard InChI is InChI=1S/C8H9N3O/c1-5-8(9-4-12)6(2)11-7(3)10-5/h1-3H3. The molecule has 0 fully saturated rings. The van der Waals surface area contributed by atoms with Crippen molar-refractivity contribution in [3.05, 3.63) is 17.2 Å². The molecule has 1 aromatic rings. The molecule has 0 saturated carbocycles. The number of hydrogen-bond donors (Lipinski definition) is 0. The fourth-order valence-electron chi connectivity index (χ4n) is 1.09. The van der Waals surface area contributed by atoms with Crippen molar-refractivity contribution in [1.82, 2.24) is 9.97 Å². The Bertz CT molecular complexity index is 330. The van der Waals surface area contributed by atoms with Gasteiger partial charge in [-0.3, -0.25) is 0 Å². The van der Waals surface area contributed by atoms with E-state index in [1.165, 1.54) is 6.08 Å². The van der Waals surface area contributed by atoms with E-state index in [1.807, 2.05) is 0 Å². The molecule has 0 N–H and O–H groups in total. The minimum Gasteiger partial charge on any atom is -0.236 e. The summed E-state index contributed by atoms with van der Waals surface area (Å²) in [5, 5.41) is 0. The molecule has 0 aliphatic carbocycles.